The van der Waals surface area contributed by atoms with E-state index in [-0.39, 0.29) is 24.9 Å². The molecule has 0 saturated heterocycles. The lowest BCUT2D eigenvalue weighted by Gasteiger charge is -2.22. The highest BCUT2D eigenvalue weighted by Gasteiger charge is 2.30. The molecule has 0 bridgehead atoms. The van der Waals surface area contributed by atoms with Gasteiger partial charge in [-0.15, -0.1) is 12.4 Å². The summed E-state index contributed by atoms with van der Waals surface area (Å²) in [6.45, 7) is 3.72. The van der Waals surface area contributed by atoms with E-state index in [2.05, 4.69) is 5.32 Å². The van der Waals surface area contributed by atoms with Crippen molar-refractivity contribution in [1.82, 2.24) is 5.32 Å². The third kappa shape index (κ3) is 5.93. The lowest BCUT2D eigenvalue weighted by molar-refractivity contribution is -0.137. The Morgan fingerprint density at radius 3 is 2.19 bits per heavy atom. The Balaban J connectivity index is 0.00000400. The maximum Gasteiger partial charge on any atom is 0.416 e. The van der Waals surface area contributed by atoms with Gasteiger partial charge < -0.3 is 11.1 Å². The van der Waals surface area contributed by atoms with Crippen molar-refractivity contribution < 1.29 is 18.0 Å². The van der Waals surface area contributed by atoms with Crippen LogP contribution in [0.4, 0.5) is 13.2 Å². The Bertz CT molecular complexity index is 458. The molecule has 1 aromatic carbocycles. The summed E-state index contributed by atoms with van der Waals surface area (Å²) in [6.07, 6.45) is -3.02. The van der Waals surface area contributed by atoms with Gasteiger partial charge in [0, 0.05) is 6.54 Å². The van der Waals surface area contributed by atoms with Gasteiger partial charge in [-0.3, -0.25) is 4.79 Å². The summed E-state index contributed by atoms with van der Waals surface area (Å²) in [4.78, 5) is 11.8. The molecule has 7 heteroatoms. The number of rotatable bonds is 5. The van der Waals surface area contributed by atoms with Gasteiger partial charge in [0.05, 0.1) is 11.1 Å². The molecule has 0 aliphatic carbocycles. The Morgan fingerprint density at radius 2 is 1.76 bits per heavy atom. The maximum absolute atomic E-state index is 12.4. The lowest BCUT2D eigenvalue weighted by Crippen LogP contribution is -2.51. The van der Waals surface area contributed by atoms with Crippen LogP contribution in [0, 0.1) is 0 Å². The fourth-order valence-corrected chi connectivity index (χ4v) is 1.83. The van der Waals surface area contributed by atoms with Crippen molar-refractivity contribution in [3.05, 3.63) is 35.4 Å². The molecule has 1 atom stereocenters. The maximum atomic E-state index is 12.4. The molecule has 120 valence electrons. The Hall–Kier alpha value is -1.27. The van der Waals surface area contributed by atoms with Crippen molar-refractivity contribution in [2.45, 2.75) is 44.9 Å². The number of nitrogens with one attached hydrogen (secondary N) is 1. The van der Waals surface area contributed by atoms with E-state index in [0.717, 1.165) is 18.6 Å². The zero-order valence-corrected chi connectivity index (χ0v) is 12.8. The molecule has 21 heavy (non-hydrogen) atoms. The molecular weight excluding hydrogens is 305 g/mol. The van der Waals surface area contributed by atoms with Gasteiger partial charge in [0.2, 0.25) is 5.91 Å². The number of hydrogen-bond acceptors (Lipinski definition) is 2. The molecule has 0 aliphatic heterocycles. The monoisotopic (exact) mass is 324 g/mol. The van der Waals surface area contributed by atoms with E-state index in [4.69, 9.17) is 5.73 Å². The largest absolute Gasteiger partial charge is 0.416 e. The van der Waals surface area contributed by atoms with E-state index in [9.17, 15) is 18.0 Å². The van der Waals surface area contributed by atoms with Crippen LogP contribution in [0.5, 0.6) is 0 Å². The molecule has 3 nitrogen and oxygen atoms in total. The molecule has 3 N–H and O–H groups in total. The van der Waals surface area contributed by atoms with Crippen LogP contribution < -0.4 is 11.1 Å². The van der Waals surface area contributed by atoms with Gasteiger partial charge in [-0.25, -0.2) is 0 Å². The molecule has 0 heterocycles. The fourth-order valence-electron chi connectivity index (χ4n) is 1.83. The van der Waals surface area contributed by atoms with E-state index in [1.807, 2.05) is 6.92 Å². The molecule has 0 spiro atoms. The minimum atomic E-state index is -4.35. The quantitative estimate of drug-likeness (QED) is 0.873. The zero-order chi connectivity index (χ0) is 15.4. The predicted octanol–water partition coefficient (Wildman–Crippen LogP) is 3.26. The van der Waals surface area contributed by atoms with Crippen molar-refractivity contribution in [1.29, 1.82) is 0 Å². The second-order valence-corrected chi connectivity index (χ2v) is 5.04. The number of nitrogens with two attached hydrogens (primary N) is 1. The number of amides is 1. The van der Waals surface area contributed by atoms with Crippen molar-refractivity contribution in [3.8, 4) is 0 Å². The van der Waals surface area contributed by atoms with Crippen molar-refractivity contribution >= 4 is 18.3 Å². The number of alkyl halides is 3. The number of hydrogen-bond donors (Lipinski definition) is 2. The van der Waals surface area contributed by atoms with Crippen LogP contribution in [-0.4, -0.2) is 11.4 Å². The molecule has 0 radical (unpaired) electrons. The summed E-state index contributed by atoms with van der Waals surface area (Å²) >= 11 is 0. The summed E-state index contributed by atoms with van der Waals surface area (Å²) < 4.78 is 37.2. The number of carbonyl (C=O) groups excluding carboxylic acids is 1. The minimum Gasteiger partial charge on any atom is -0.350 e. The fraction of sp³-hybridized carbons (Fsp3) is 0.500. The molecule has 1 unspecified atom stereocenters. The van der Waals surface area contributed by atoms with Crippen molar-refractivity contribution in [2.24, 2.45) is 5.73 Å². The van der Waals surface area contributed by atoms with E-state index < -0.39 is 17.3 Å². The van der Waals surface area contributed by atoms with Crippen LogP contribution in [-0.2, 0) is 17.5 Å². The smallest absolute Gasteiger partial charge is 0.350 e. The van der Waals surface area contributed by atoms with Gasteiger partial charge in [-0.2, -0.15) is 13.2 Å². The summed E-state index contributed by atoms with van der Waals surface area (Å²) in [5.74, 6) is -0.306. The highest BCUT2D eigenvalue weighted by Crippen LogP contribution is 2.29. The number of carbonyl (C=O) groups is 1. The summed E-state index contributed by atoms with van der Waals surface area (Å²) in [7, 11) is 0. The average Bonchev–Trinajstić information content (AvgIpc) is 2.35. The highest BCUT2D eigenvalue weighted by atomic mass is 35.5. The van der Waals surface area contributed by atoms with E-state index in [0.29, 0.717) is 12.0 Å². The first-order valence-corrected chi connectivity index (χ1v) is 6.40. The van der Waals surface area contributed by atoms with E-state index in [1.54, 1.807) is 6.92 Å². The zero-order valence-electron chi connectivity index (χ0n) is 12.0. The summed E-state index contributed by atoms with van der Waals surface area (Å²) in [5.41, 5.74) is 4.79. The number of benzene rings is 1. The number of halogens is 4. The summed E-state index contributed by atoms with van der Waals surface area (Å²) in [5, 5.41) is 2.64. The van der Waals surface area contributed by atoms with Gasteiger partial charge in [0.1, 0.15) is 0 Å². The molecule has 0 aliphatic rings. The molecule has 1 aromatic rings. The van der Waals surface area contributed by atoms with E-state index in [1.165, 1.54) is 12.1 Å². The molecule has 0 fully saturated rings. The van der Waals surface area contributed by atoms with Crippen molar-refractivity contribution in [3.63, 3.8) is 0 Å². The van der Waals surface area contributed by atoms with E-state index >= 15 is 0 Å². The van der Waals surface area contributed by atoms with Gasteiger partial charge in [-0.1, -0.05) is 25.5 Å². The third-order valence-corrected chi connectivity index (χ3v) is 3.02. The third-order valence-electron chi connectivity index (χ3n) is 3.02. The Labute approximate surface area is 128 Å². The van der Waals surface area contributed by atoms with Gasteiger partial charge >= 0.3 is 6.18 Å². The minimum absolute atomic E-state index is 0. The molecule has 0 saturated carbocycles. The second-order valence-electron chi connectivity index (χ2n) is 5.04. The normalized spacial score (nSPS) is 14.0. The summed E-state index contributed by atoms with van der Waals surface area (Å²) in [6, 6.07) is 4.68. The Kier molecular flexibility index (Phi) is 7.19. The van der Waals surface area contributed by atoms with Gasteiger partial charge in [-0.05, 0) is 31.0 Å². The predicted molar refractivity (Wildman–Crippen MR) is 78.0 cm³/mol. The SMILES string of the molecule is CCCC(C)(N)C(=O)NCc1ccc(C(F)(F)F)cc1.Cl. The van der Waals surface area contributed by atoms with Crippen LogP contribution >= 0.6 is 12.4 Å². The lowest BCUT2D eigenvalue weighted by atomic mass is 9.96. The first-order chi connectivity index (χ1) is 9.16. The van der Waals surface area contributed by atoms with Crippen LogP contribution in [0.1, 0.15) is 37.8 Å². The Morgan fingerprint density at radius 1 is 1.24 bits per heavy atom. The van der Waals surface area contributed by atoms with Gasteiger partial charge in [0.15, 0.2) is 0 Å². The molecule has 1 amide bonds. The first kappa shape index (κ1) is 19.7. The van der Waals surface area contributed by atoms with Crippen LogP contribution in [0.3, 0.4) is 0 Å². The van der Waals surface area contributed by atoms with Crippen molar-refractivity contribution in [2.75, 3.05) is 0 Å². The highest BCUT2D eigenvalue weighted by molar-refractivity contribution is 5.85. The van der Waals surface area contributed by atoms with Crippen LogP contribution in [0.25, 0.3) is 0 Å². The standard InChI is InChI=1S/C14H19F3N2O.ClH/c1-3-8-13(2,18)12(20)19-9-10-4-6-11(7-5-10)14(15,16)17;/h4-7H,3,8-9,18H2,1-2H3,(H,19,20);1H. The molecule has 1 rings (SSSR count). The molecule has 0 aromatic heterocycles. The first-order valence-electron chi connectivity index (χ1n) is 6.40. The second kappa shape index (κ2) is 7.66. The average molecular weight is 325 g/mol. The molecular formula is C14H20ClF3N2O. The topological polar surface area (TPSA) is 55.1 Å². The van der Waals surface area contributed by atoms with Gasteiger partial charge in [0.25, 0.3) is 0 Å². The van der Waals surface area contributed by atoms with Crippen LogP contribution in [0.2, 0.25) is 0 Å². The van der Waals surface area contributed by atoms with Crippen LogP contribution in [0.15, 0.2) is 24.3 Å².